The molecule has 28 heavy (non-hydrogen) atoms. The predicted octanol–water partition coefficient (Wildman–Crippen LogP) is 1.67. The molecular weight excluding hydrogens is 389 g/mol. The van der Waals surface area contributed by atoms with Crippen molar-refractivity contribution in [2.24, 2.45) is 0 Å². The van der Waals surface area contributed by atoms with Gasteiger partial charge < -0.3 is 14.5 Å². The van der Waals surface area contributed by atoms with Crippen LogP contribution in [-0.2, 0) is 19.6 Å². The zero-order valence-corrected chi connectivity index (χ0v) is 17.1. The first kappa shape index (κ1) is 21.9. The normalized spacial score (nSPS) is 15.9. The molecule has 1 aromatic carbocycles. The molecule has 156 valence electrons. The third-order valence-corrected chi connectivity index (χ3v) is 5.69. The minimum Gasteiger partial charge on any atom is -0.450 e. The lowest BCUT2D eigenvalue weighted by Gasteiger charge is -2.38. The van der Waals surface area contributed by atoms with Crippen LogP contribution in [0.1, 0.15) is 20.3 Å². The average molecular weight is 415 g/mol. The van der Waals surface area contributed by atoms with Gasteiger partial charge in [0.05, 0.1) is 18.6 Å². The Morgan fingerprint density at radius 1 is 1.11 bits per heavy atom. The zero-order valence-electron chi connectivity index (χ0n) is 16.3. The Morgan fingerprint density at radius 3 is 2.11 bits per heavy atom. The lowest BCUT2D eigenvalue weighted by atomic mass is 10.1. The predicted molar refractivity (Wildman–Crippen MR) is 103 cm³/mol. The standard InChI is InChI=1S/C18H26FN3O5S/c1-4-16(22(28(3,25)26)15-8-6-14(19)7-9-15)17(23)20-10-12-21(13-11-20)18(24)27-5-2/h6-9,16H,4-5,10-13H2,1-3H3/t16-/m1/s1. The van der Waals surface area contributed by atoms with Crippen molar-refractivity contribution in [1.82, 2.24) is 9.80 Å². The smallest absolute Gasteiger partial charge is 0.409 e. The number of benzene rings is 1. The van der Waals surface area contributed by atoms with Gasteiger partial charge in [-0.1, -0.05) is 6.92 Å². The molecule has 2 rings (SSSR count). The van der Waals surface area contributed by atoms with E-state index in [1.165, 1.54) is 17.0 Å². The number of carbonyl (C=O) groups is 2. The molecule has 0 spiro atoms. The number of sulfonamides is 1. The number of anilines is 1. The van der Waals surface area contributed by atoms with Crippen molar-refractivity contribution < 1.29 is 27.1 Å². The summed E-state index contributed by atoms with van der Waals surface area (Å²) >= 11 is 0. The molecule has 0 aromatic heterocycles. The quantitative estimate of drug-likeness (QED) is 0.705. The van der Waals surface area contributed by atoms with E-state index in [-0.39, 0.29) is 37.7 Å². The molecule has 8 nitrogen and oxygen atoms in total. The van der Waals surface area contributed by atoms with E-state index in [9.17, 15) is 22.4 Å². The lowest BCUT2D eigenvalue weighted by molar-refractivity contribution is -0.134. The molecular formula is C18H26FN3O5S. The van der Waals surface area contributed by atoms with Gasteiger partial charge in [-0.2, -0.15) is 0 Å². The first-order valence-electron chi connectivity index (χ1n) is 9.14. The summed E-state index contributed by atoms with van der Waals surface area (Å²) in [5.74, 6) is -0.840. The Labute approximate surface area is 164 Å². The molecule has 1 aliphatic heterocycles. The number of hydrogen-bond donors (Lipinski definition) is 0. The molecule has 0 N–H and O–H groups in total. The molecule has 0 unspecified atom stereocenters. The van der Waals surface area contributed by atoms with Gasteiger partial charge in [-0.15, -0.1) is 0 Å². The van der Waals surface area contributed by atoms with Gasteiger partial charge in [-0.25, -0.2) is 17.6 Å². The average Bonchev–Trinajstić information content (AvgIpc) is 2.66. The fourth-order valence-electron chi connectivity index (χ4n) is 3.17. The van der Waals surface area contributed by atoms with E-state index in [2.05, 4.69) is 0 Å². The summed E-state index contributed by atoms with van der Waals surface area (Å²) in [6.07, 6.45) is 0.845. The fourth-order valence-corrected chi connectivity index (χ4v) is 4.37. The number of ether oxygens (including phenoxy) is 1. The van der Waals surface area contributed by atoms with Crippen molar-refractivity contribution >= 4 is 27.7 Å². The number of hydrogen-bond acceptors (Lipinski definition) is 5. The van der Waals surface area contributed by atoms with Gasteiger partial charge in [-0.3, -0.25) is 9.10 Å². The van der Waals surface area contributed by atoms with Crippen molar-refractivity contribution in [1.29, 1.82) is 0 Å². The van der Waals surface area contributed by atoms with E-state index in [4.69, 9.17) is 4.74 Å². The second-order valence-electron chi connectivity index (χ2n) is 6.47. The summed E-state index contributed by atoms with van der Waals surface area (Å²) in [7, 11) is -3.78. The van der Waals surface area contributed by atoms with E-state index < -0.39 is 28.0 Å². The van der Waals surface area contributed by atoms with Crippen LogP contribution in [-0.4, -0.2) is 75.3 Å². The summed E-state index contributed by atoms with van der Waals surface area (Å²) in [6, 6.07) is 4.04. The van der Waals surface area contributed by atoms with Gasteiger partial charge >= 0.3 is 6.09 Å². The number of halogens is 1. The van der Waals surface area contributed by atoms with E-state index in [0.717, 1.165) is 22.7 Å². The van der Waals surface area contributed by atoms with Crippen LogP contribution in [0.15, 0.2) is 24.3 Å². The van der Waals surface area contributed by atoms with Crippen LogP contribution in [0.2, 0.25) is 0 Å². The third-order valence-electron chi connectivity index (χ3n) is 4.51. The largest absolute Gasteiger partial charge is 0.450 e. The van der Waals surface area contributed by atoms with Crippen molar-refractivity contribution in [2.45, 2.75) is 26.3 Å². The van der Waals surface area contributed by atoms with Crippen LogP contribution >= 0.6 is 0 Å². The highest BCUT2D eigenvalue weighted by Crippen LogP contribution is 2.24. The Hall–Kier alpha value is -2.36. The van der Waals surface area contributed by atoms with Crippen molar-refractivity contribution in [3.63, 3.8) is 0 Å². The highest BCUT2D eigenvalue weighted by atomic mass is 32.2. The summed E-state index contributed by atoms with van der Waals surface area (Å²) in [5.41, 5.74) is 0.231. The van der Waals surface area contributed by atoms with Crippen LogP contribution in [0.3, 0.4) is 0 Å². The molecule has 2 amide bonds. The molecule has 0 saturated carbocycles. The Kier molecular flexibility index (Phi) is 7.22. The molecule has 1 saturated heterocycles. The number of piperazine rings is 1. The van der Waals surface area contributed by atoms with E-state index in [1.807, 2.05) is 0 Å². The second kappa shape index (κ2) is 9.22. The molecule has 1 aromatic rings. The minimum absolute atomic E-state index is 0.231. The number of rotatable bonds is 6. The molecule has 1 heterocycles. The Bertz CT molecular complexity index is 792. The molecule has 10 heteroatoms. The van der Waals surface area contributed by atoms with Crippen LogP contribution in [0.4, 0.5) is 14.9 Å². The van der Waals surface area contributed by atoms with Gasteiger partial charge in [-0.05, 0) is 37.6 Å². The zero-order chi connectivity index (χ0) is 20.9. The first-order chi connectivity index (χ1) is 13.2. The lowest BCUT2D eigenvalue weighted by Crippen LogP contribution is -2.56. The van der Waals surface area contributed by atoms with Crippen LogP contribution in [0.25, 0.3) is 0 Å². The fraction of sp³-hybridized carbons (Fsp3) is 0.556. The van der Waals surface area contributed by atoms with Crippen LogP contribution < -0.4 is 4.31 Å². The van der Waals surface area contributed by atoms with Gasteiger partial charge in [0.15, 0.2) is 0 Å². The minimum atomic E-state index is -3.78. The Morgan fingerprint density at radius 2 is 1.64 bits per heavy atom. The Balaban J connectivity index is 2.19. The third kappa shape index (κ3) is 5.12. The first-order valence-corrected chi connectivity index (χ1v) is 11.0. The molecule has 0 bridgehead atoms. The second-order valence-corrected chi connectivity index (χ2v) is 8.33. The maximum atomic E-state index is 13.3. The molecule has 1 fully saturated rings. The number of amides is 2. The SMILES string of the molecule is CCOC(=O)N1CCN(C(=O)[C@@H](CC)N(c2ccc(F)cc2)S(C)(=O)=O)CC1. The van der Waals surface area contributed by atoms with E-state index >= 15 is 0 Å². The summed E-state index contributed by atoms with van der Waals surface area (Å²) in [4.78, 5) is 27.9. The van der Waals surface area contributed by atoms with E-state index in [1.54, 1.807) is 18.7 Å². The molecule has 0 aliphatic carbocycles. The molecule has 0 radical (unpaired) electrons. The van der Waals surface area contributed by atoms with Crippen molar-refractivity contribution in [3.05, 3.63) is 30.1 Å². The van der Waals surface area contributed by atoms with Gasteiger partial charge in [0.2, 0.25) is 15.9 Å². The number of carbonyl (C=O) groups excluding carboxylic acids is 2. The van der Waals surface area contributed by atoms with Gasteiger partial charge in [0.1, 0.15) is 11.9 Å². The van der Waals surface area contributed by atoms with Gasteiger partial charge in [0.25, 0.3) is 0 Å². The highest BCUT2D eigenvalue weighted by molar-refractivity contribution is 7.92. The molecule has 1 atom stereocenters. The maximum Gasteiger partial charge on any atom is 0.409 e. The highest BCUT2D eigenvalue weighted by Gasteiger charge is 2.35. The monoisotopic (exact) mass is 415 g/mol. The van der Waals surface area contributed by atoms with Crippen molar-refractivity contribution in [3.8, 4) is 0 Å². The van der Waals surface area contributed by atoms with Crippen molar-refractivity contribution in [2.75, 3.05) is 43.3 Å². The maximum absolute atomic E-state index is 13.3. The topological polar surface area (TPSA) is 87.2 Å². The molecule has 1 aliphatic rings. The van der Waals surface area contributed by atoms with Crippen LogP contribution in [0, 0.1) is 5.82 Å². The summed E-state index contributed by atoms with van der Waals surface area (Å²) in [6.45, 7) is 4.92. The number of nitrogens with zero attached hydrogens (tertiary/aromatic N) is 3. The van der Waals surface area contributed by atoms with Gasteiger partial charge in [0, 0.05) is 26.2 Å². The summed E-state index contributed by atoms with van der Waals surface area (Å²) in [5, 5.41) is 0. The van der Waals surface area contributed by atoms with Crippen LogP contribution in [0.5, 0.6) is 0 Å². The van der Waals surface area contributed by atoms with E-state index in [0.29, 0.717) is 13.1 Å². The summed E-state index contributed by atoms with van der Waals surface area (Å²) < 4.78 is 44.1.